The number of hydrogen-bond donors (Lipinski definition) is 0. The van der Waals surface area contributed by atoms with E-state index < -0.39 is 0 Å². The van der Waals surface area contributed by atoms with E-state index in [1.54, 1.807) is 0 Å². The zero-order valence-electron chi connectivity index (χ0n) is 16.4. The maximum absolute atomic E-state index is 5.68. The normalized spacial score (nSPS) is 16.0. The summed E-state index contributed by atoms with van der Waals surface area (Å²) in [6.45, 7) is 3.20. The van der Waals surface area contributed by atoms with Crippen molar-refractivity contribution in [2.24, 2.45) is 0 Å². The van der Waals surface area contributed by atoms with Gasteiger partial charge in [-0.1, -0.05) is 103 Å². The SMILES string of the molecule is CCCCCCCCCCCCCCCCOC=C1CC=CCC1. The lowest BCUT2D eigenvalue weighted by Crippen LogP contribution is -1.93. The van der Waals surface area contributed by atoms with Crippen LogP contribution in [0, 0.1) is 0 Å². The fourth-order valence-corrected chi connectivity index (χ4v) is 3.39. The van der Waals surface area contributed by atoms with E-state index in [-0.39, 0.29) is 0 Å². The molecular weight excluding hydrogens is 292 g/mol. The third-order valence-electron chi connectivity index (χ3n) is 5.04. The summed E-state index contributed by atoms with van der Waals surface area (Å²) >= 11 is 0. The topological polar surface area (TPSA) is 9.23 Å². The smallest absolute Gasteiger partial charge is 0.0873 e. The standard InChI is InChI=1S/C23H42O/c1-2-3-4-5-6-7-8-9-10-11-12-13-14-18-21-24-22-23-19-16-15-17-20-23/h15-16,22H,2-14,17-21H2,1H3. The minimum atomic E-state index is 0.908. The molecule has 0 heterocycles. The molecule has 0 saturated carbocycles. The molecule has 0 aromatic carbocycles. The fourth-order valence-electron chi connectivity index (χ4n) is 3.39. The molecule has 1 nitrogen and oxygen atoms in total. The van der Waals surface area contributed by atoms with Crippen LogP contribution in [0.1, 0.15) is 116 Å². The highest BCUT2D eigenvalue weighted by Gasteiger charge is 1.99. The van der Waals surface area contributed by atoms with Crippen LogP contribution in [0.5, 0.6) is 0 Å². The van der Waals surface area contributed by atoms with Crippen LogP contribution in [-0.4, -0.2) is 6.61 Å². The molecule has 0 radical (unpaired) electrons. The van der Waals surface area contributed by atoms with E-state index in [1.807, 2.05) is 6.26 Å². The van der Waals surface area contributed by atoms with Crippen molar-refractivity contribution in [1.29, 1.82) is 0 Å². The average molecular weight is 335 g/mol. The molecule has 1 aliphatic carbocycles. The summed E-state index contributed by atoms with van der Waals surface area (Å²) in [6.07, 6.45) is 29.8. The molecule has 0 spiro atoms. The molecule has 0 bridgehead atoms. The van der Waals surface area contributed by atoms with Gasteiger partial charge in [0.05, 0.1) is 12.9 Å². The predicted molar refractivity (Wildman–Crippen MR) is 107 cm³/mol. The Balaban J connectivity index is 1.71. The van der Waals surface area contributed by atoms with E-state index in [1.165, 1.54) is 108 Å². The first-order valence-corrected chi connectivity index (χ1v) is 10.9. The summed E-state index contributed by atoms with van der Waals surface area (Å²) < 4.78 is 5.68. The van der Waals surface area contributed by atoms with Crippen LogP contribution in [0.15, 0.2) is 24.0 Å². The Morgan fingerprint density at radius 3 is 1.79 bits per heavy atom. The quantitative estimate of drug-likeness (QED) is 0.157. The van der Waals surface area contributed by atoms with Crippen molar-refractivity contribution >= 4 is 0 Å². The third-order valence-corrected chi connectivity index (χ3v) is 5.04. The molecule has 1 heteroatoms. The van der Waals surface area contributed by atoms with Gasteiger partial charge in [0.2, 0.25) is 0 Å². The Morgan fingerprint density at radius 1 is 0.750 bits per heavy atom. The molecule has 1 aliphatic rings. The molecule has 0 N–H and O–H groups in total. The molecule has 0 fully saturated rings. The van der Waals surface area contributed by atoms with E-state index in [0.29, 0.717) is 0 Å². The van der Waals surface area contributed by atoms with Crippen LogP contribution < -0.4 is 0 Å². The van der Waals surface area contributed by atoms with Gasteiger partial charge in [0.15, 0.2) is 0 Å². The molecule has 24 heavy (non-hydrogen) atoms. The van der Waals surface area contributed by atoms with Gasteiger partial charge in [-0.15, -0.1) is 0 Å². The van der Waals surface area contributed by atoms with Crippen molar-refractivity contribution in [3.05, 3.63) is 24.0 Å². The lowest BCUT2D eigenvalue weighted by atomic mass is 10.0. The Morgan fingerprint density at radius 2 is 1.29 bits per heavy atom. The molecule has 0 amide bonds. The average Bonchev–Trinajstić information content (AvgIpc) is 2.62. The minimum Gasteiger partial charge on any atom is -0.501 e. The predicted octanol–water partition coefficient (Wildman–Crippen LogP) is 8.11. The van der Waals surface area contributed by atoms with E-state index in [4.69, 9.17) is 4.74 Å². The van der Waals surface area contributed by atoms with Crippen LogP contribution in [0.25, 0.3) is 0 Å². The molecule has 0 aliphatic heterocycles. The second kappa shape index (κ2) is 17.1. The highest BCUT2D eigenvalue weighted by molar-refractivity contribution is 5.10. The Labute approximate surface area is 151 Å². The molecule has 1 rings (SSSR count). The van der Waals surface area contributed by atoms with Crippen molar-refractivity contribution in [3.63, 3.8) is 0 Å². The monoisotopic (exact) mass is 334 g/mol. The maximum atomic E-state index is 5.68. The third kappa shape index (κ3) is 13.7. The van der Waals surface area contributed by atoms with Crippen molar-refractivity contribution in [3.8, 4) is 0 Å². The van der Waals surface area contributed by atoms with Crippen molar-refractivity contribution < 1.29 is 4.74 Å². The molecular formula is C23H42O. The van der Waals surface area contributed by atoms with Crippen molar-refractivity contribution in [2.75, 3.05) is 6.61 Å². The van der Waals surface area contributed by atoms with E-state index in [0.717, 1.165) is 13.0 Å². The fraction of sp³-hybridized carbons (Fsp3) is 0.826. The lowest BCUT2D eigenvalue weighted by Gasteiger charge is -2.08. The largest absolute Gasteiger partial charge is 0.501 e. The molecule has 140 valence electrons. The molecule has 0 aromatic heterocycles. The van der Waals surface area contributed by atoms with E-state index in [2.05, 4.69) is 19.1 Å². The molecule has 0 unspecified atom stereocenters. The molecule has 0 aromatic rings. The first-order valence-electron chi connectivity index (χ1n) is 10.9. The van der Waals surface area contributed by atoms with Gasteiger partial charge >= 0.3 is 0 Å². The summed E-state index contributed by atoms with van der Waals surface area (Å²) in [6, 6.07) is 0. The number of rotatable bonds is 16. The van der Waals surface area contributed by atoms with Gasteiger partial charge < -0.3 is 4.74 Å². The Hall–Kier alpha value is -0.720. The summed E-state index contributed by atoms with van der Waals surface area (Å²) in [4.78, 5) is 0. The van der Waals surface area contributed by atoms with Gasteiger partial charge in [0.25, 0.3) is 0 Å². The van der Waals surface area contributed by atoms with Crippen LogP contribution >= 0.6 is 0 Å². The molecule has 0 atom stereocenters. The first-order chi connectivity index (χ1) is 11.9. The zero-order chi connectivity index (χ0) is 17.1. The van der Waals surface area contributed by atoms with Gasteiger partial charge in [-0.3, -0.25) is 0 Å². The number of unbranched alkanes of at least 4 members (excludes halogenated alkanes) is 13. The van der Waals surface area contributed by atoms with Gasteiger partial charge in [-0.05, 0) is 31.3 Å². The summed E-state index contributed by atoms with van der Waals surface area (Å²) in [5.74, 6) is 0. The minimum absolute atomic E-state index is 0.908. The highest BCUT2D eigenvalue weighted by Crippen LogP contribution is 2.17. The second-order valence-corrected chi connectivity index (χ2v) is 7.46. The van der Waals surface area contributed by atoms with Crippen molar-refractivity contribution in [2.45, 2.75) is 116 Å². The summed E-state index contributed by atoms with van der Waals surface area (Å²) in [5, 5.41) is 0. The maximum Gasteiger partial charge on any atom is 0.0873 e. The highest BCUT2D eigenvalue weighted by atomic mass is 16.5. The number of hydrogen-bond acceptors (Lipinski definition) is 1. The van der Waals surface area contributed by atoms with Crippen LogP contribution in [0.2, 0.25) is 0 Å². The lowest BCUT2D eigenvalue weighted by molar-refractivity contribution is 0.236. The van der Waals surface area contributed by atoms with Crippen LogP contribution in [0.4, 0.5) is 0 Å². The second-order valence-electron chi connectivity index (χ2n) is 7.46. The van der Waals surface area contributed by atoms with Crippen LogP contribution in [-0.2, 0) is 4.74 Å². The Bertz CT molecular complexity index is 316. The van der Waals surface area contributed by atoms with Gasteiger partial charge in [0.1, 0.15) is 0 Å². The van der Waals surface area contributed by atoms with E-state index in [9.17, 15) is 0 Å². The zero-order valence-corrected chi connectivity index (χ0v) is 16.4. The Kier molecular flexibility index (Phi) is 15.2. The van der Waals surface area contributed by atoms with E-state index >= 15 is 0 Å². The first kappa shape index (κ1) is 21.3. The van der Waals surface area contributed by atoms with Gasteiger partial charge in [0, 0.05) is 0 Å². The summed E-state index contributed by atoms with van der Waals surface area (Å²) in [7, 11) is 0. The van der Waals surface area contributed by atoms with Gasteiger partial charge in [-0.2, -0.15) is 0 Å². The number of allylic oxidation sites excluding steroid dienone is 3. The van der Waals surface area contributed by atoms with Gasteiger partial charge in [-0.25, -0.2) is 0 Å². The van der Waals surface area contributed by atoms with Crippen molar-refractivity contribution in [1.82, 2.24) is 0 Å². The number of ether oxygens (including phenoxy) is 1. The van der Waals surface area contributed by atoms with Crippen LogP contribution in [0.3, 0.4) is 0 Å². The molecule has 0 saturated heterocycles. The summed E-state index contributed by atoms with van der Waals surface area (Å²) in [5.41, 5.74) is 1.46.